The lowest BCUT2D eigenvalue weighted by Gasteiger charge is -2.08. The van der Waals surface area contributed by atoms with Crippen molar-refractivity contribution in [2.24, 2.45) is 5.92 Å². The summed E-state index contributed by atoms with van der Waals surface area (Å²) in [7, 11) is 2.00. The van der Waals surface area contributed by atoms with Crippen LogP contribution in [-0.2, 0) is 0 Å². The molecule has 0 aromatic heterocycles. The van der Waals surface area contributed by atoms with Gasteiger partial charge in [-0.15, -0.1) is 0 Å². The van der Waals surface area contributed by atoms with Crippen molar-refractivity contribution in [3.05, 3.63) is 11.6 Å². The van der Waals surface area contributed by atoms with Crippen LogP contribution in [0.3, 0.4) is 0 Å². The minimum Gasteiger partial charge on any atom is -0.319 e. The predicted octanol–water partition coefficient (Wildman–Crippen LogP) is 2.98. The molecule has 0 heterocycles. The quantitative estimate of drug-likeness (QED) is 0.476. The first kappa shape index (κ1) is 11.7. The van der Waals surface area contributed by atoms with E-state index in [1.165, 1.54) is 19.3 Å². The maximum absolute atomic E-state index is 3.15. The Morgan fingerprint density at radius 1 is 1.50 bits per heavy atom. The lowest BCUT2D eigenvalue weighted by molar-refractivity contribution is 0.556. The summed E-state index contributed by atoms with van der Waals surface area (Å²) < 4.78 is 0. The van der Waals surface area contributed by atoms with Crippen LogP contribution in [-0.4, -0.2) is 13.6 Å². The predicted molar refractivity (Wildman–Crippen MR) is 56.4 cm³/mol. The first-order valence-electron chi connectivity index (χ1n) is 5.00. The van der Waals surface area contributed by atoms with Gasteiger partial charge in [0.15, 0.2) is 0 Å². The van der Waals surface area contributed by atoms with Crippen molar-refractivity contribution in [3.63, 3.8) is 0 Å². The molecule has 0 aliphatic rings. The summed E-state index contributed by atoms with van der Waals surface area (Å²) in [6.45, 7) is 7.90. The number of rotatable bonds is 6. The van der Waals surface area contributed by atoms with E-state index in [4.69, 9.17) is 0 Å². The fraction of sp³-hybridized carbons (Fsp3) is 0.818. The molecule has 0 saturated heterocycles. The highest BCUT2D eigenvalue weighted by molar-refractivity contribution is 4.98. The van der Waals surface area contributed by atoms with Crippen molar-refractivity contribution in [2.75, 3.05) is 13.6 Å². The highest BCUT2D eigenvalue weighted by Crippen LogP contribution is 2.13. The standard InChI is InChI=1S/C11H23N/c1-5-10(2)9-11(3)7-6-8-12-4/h7,10,12H,5-6,8-9H2,1-4H3. The number of allylic oxidation sites excluding steroid dienone is 1. The minimum absolute atomic E-state index is 0.843. The molecule has 1 nitrogen and oxygen atoms in total. The molecular weight excluding hydrogens is 146 g/mol. The fourth-order valence-electron chi connectivity index (χ4n) is 1.24. The SMILES string of the molecule is CCC(C)CC(C)=CCCNC. The summed E-state index contributed by atoms with van der Waals surface area (Å²) in [5, 5.41) is 3.15. The zero-order valence-corrected chi connectivity index (χ0v) is 8.98. The normalized spacial score (nSPS) is 14.8. The van der Waals surface area contributed by atoms with Crippen LogP contribution in [0.2, 0.25) is 0 Å². The van der Waals surface area contributed by atoms with Gasteiger partial charge in [-0.1, -0.05) is 31.9 Å². The van der Waals surface area contributed by atoms with Gasteiger partial charge < -0.3 is 5.32 Å². The van der Waals surface area contributed by atoms with Gasteiger partial charge in [0, 0.05) is 0 Å². The van der Waals surface area contributed by atoms with Crippen LogP contribution in [0.15, 0.2) is 11.6 Å². The Labute approximate surface area is 77.2 Å². The van der Waals surface area contributed by atoms with E-state index >= 15 is 0 Å². The van der Waals surface area contributed by atoms with E-state index in [0.717, 1.165) is 12.5 Å². The van der Waals surface area contributed by atoms with Crippen LogP contribution in [0.4, 0.5) is 0 Å². The monoisotopic (exact) mass is 169 g/mol. The highest BCUT2D eigenvalue weighted by atomic mass is 14.8. The third-order valence-corrected chi connectivity index (χ3v) is 2.25. The van der Waals surface area contributed by atoms with Gasteiger partial charge in [0.05, 0.1) is 0 Å². The third kappa shape index (κ3) is 6.41. The summed E-state index contributed by atoms with van der Waals surface area (Å²) in [6.07, 6.45) is 6.07. The van der Waals surface area contributed by atoms with Gasteiger partial charge in [-0.05, 0) is 39.3 Å². The Bertz CT molecular complexity index is 127. The molecule has 0 saturated carbocycles. The first-order chi connectivity index (χ1) is 5.70. The van der Waals surface area contributed by atoms with Crippen molar-refractivity contribution in [3.8, 4) is 0 Å². The molecule has 0 rings (SSSR count). The van der Waals surface area contributed by atoms with Crippen LogP contribution >= 0.6 is 0 Å². The minimum atomic E-state index is 0.843. The molecule has 0 amide bonds. The molecule has 1 unspecified atom stereocenters. The number of nitrogens with one attached hydrogen (secondary N) is 1. The molecule has 0 aliphatic carbocycles. The van der Waals surface area contributed by atoms with Crippen LogP contribution < -0.4 is 5.32 Å². The smallest absolute Gasteiger partial charge is 0.00172 e. The molecular formula is C11H23N. The van der Waals surface area contributed by atoms with Gasteiger partial charge in [-0.3, -0.25) is 0 Å². The topological polar surface area (TPSA) is 12.0 Å². The van der Waals surface area contributed by atoms with E-state index in [0.29, 0.717) is 0 Å². The van der Waals surface area contributed by atoms with Crippen molar-refractivity contribution in [1.82, 2.24) is 5.32 Å². The third-order valence-electron chi connectivity index (χ3n) is 2.25. The molecule has 1 N–H and O–H groups in total. The Morgan fingerprint density at radius 2 is 2.17 bits per heavy atom. The molecule has 0 spiro atoms. The van der Waals surface area contributed by atoms with E-state index in [1.807, 2.05) is 7.05 Å². The fourth-order valence-corrected chi connectivity index (χ4v) is 1.24. The second kappa shape index (κ2) is 7.35. The molecule has 0 aliphatic heterocycles. The maximum atomic E-state index is 3.15. The average Bonchev–Trinajstić information content (AvgIpc) is 2.05. The molecule has 0 bridgehead atoms. The summed E-state index contributed by atoms with van der Waals surface area (Å²) in [4.78, 5) is 0. The highest BCUT2D eigenvalue weighted by Gasteiger charge is 1.98. The zero-order valence-electron chi connectivity index (χ0n) is 8.98. The van der Waals surface area contributed by atoms with Gasteiger partial charge in [0.1, 0.15) is 0 Å². The van der Waals surface area contributed by atoms with Crippen LogP contribution in [0.25, 0.3) is 0 Å². The molecule has 0 radical (unpaired) electrons. The van der Waals surface area contributed by atoms with Crippen LogP contribution in [0.1, 0.15) is 40.0 Å². The van der Waals surface area contributed by atoms with Gasteiger partial charge in [0.25, 0.3) is 0 Å². The Morgan fingerprint density at radius 3 is 2.67 bits per heavy atom. The van der Waals surface area contributed by atoms with Gasteiger partial charge >= 0.3 is 0 Å². The largest absolute Gasteiger partial charge is 0.319 e. The number of hydrogen-bond donors (Lipinski definition) is 1. The lowest BCUT2D eigenvalue weighted by Crippen LogP contribution is -2.06. The second-order valence-corrected chi connectivity index (χ2v) is 3.66. The first-order valence-corrected chi connectivity index (χ1v) is 5.00. The van der Waals surface area contributed by atoms with Crippen molar-refractivity contribution in [2.45, 2.75) is 40.0 Å². The van der Waals surface area contributed by atoms with Crippen LogP contribution in [0.5, 0.6) is 0 Å². The lowest BCUT2D eigenvalue weighted by atomic mass is 9.99. The van der Waals surface area contributed by atoms with E-state index in [-0.39, 0.29) is 0 Å². The Hall–Kier alpha value is -0.300. The summed E-state index contributed by atoms with van der Waals surface area (Å²) in [6, 6.07) is 0. The zero-order chi connectivity index (χ0) is 9.40. The maximum Gasteiger partial charge on any atom is -0.00172 e. The van der Waals surface area contributed by atoms with Gasteiger partial charge in [0.2, 0.25) is 0 Å². The average molecular weight is 169 g/mol. The molecule has 12 heavy (non-hydrogen) atoms. The van der Waals surface area contributed by atoms with E-state index in [2.05, 4.69) is 32.2 Å². The second-order valence-electron chi connectivity index (χ2n) is 3.66. The Kier molecular flexibility index (Phi) is 7.17. The van der Waals surface area contributed by atoms with Crippen molar-refractivity contribution >= 4 is 0 Å². The molecule has 0 aromatic rings. The van der Waals surface area contributed by atoms with Crippen molar-refractivity contribution in [1.29, 1.82) is 0 Å². The molecule has 0 fully saturated rings. The van der Waals surface area contributed by atoms with Crippen molar-refractivity contribution < 1.29 is 0 Å². The van der Waals surface area contributed by atoms with Crippen LogP contribution in [0, 0.1) is 5.92 Å². The summed E-state index contributed by atoms with van der Waals surface area (Å²) in [5.41, 5.74) is 1.54. The molecule has 1 heteroatoms. The van der Waals surface area contributed by atoms with Gasteiger partial charge in [-0.2, -0.15) is 0 Å². The van der Waals surface area contributed by atoms with Gasteiger partial charge in [-0.25, -0.2) is 0 Å². The molecule has 72 valence electrons. The summed E-state index contributed by atoms with van der Waals surface area (Å²) >= 11 is 0. The molecule has 1 atom stereocenters. The summed E-state index contributed by atoms with van der Waals surface area (Å²) in [5.74, 6) is 0.843. The number of hydrogen-bond acceptors (Lipinski definition) is 1. The van der Waals surface area contributed by atoms with E-state index in [9.17, 15) is 0 Å². The molecule has 0 aromatic carbocycles. The van der Waals surface area contributed by atoms with E-state index in [1.54, 1.807) is 5.57 Å². The Balaban J connectivity index is 3.54. The van der Waals surface area contributed by atoms with E-state index < -0.39 is 0 Å².